The molecular weight excluding hydrogens is 285 g/mol. The predicted octanol–water partition coefficient (Wildman–Crippen LogP) is 4.11. The lowest BCUT2D eigenvalue weighted by Gasteiger charge is -2.02. The maximum absolute atomic E-state index is 10.2. The fourth-order valence-corrected chi connectivity index (χ4v) is 1.54. The van der Waals surface area contributed by atoms with Crippen LogP contribution in [0.25, 0.3) is 0 Å². The lowest BCUT2D eigenvalue weighted by atomic mass is 10.2. The highest BCUT2D eigenvalue weighted by Crippen LogP contribution is 2.16. The molecule has 0 fully saturated rings. The molecule has 0 unspecified atom stereocenters. The number of nitrogens with zero attached hydrogens (tertiary/aromatic N) is 1. The first-order chi connectivity index (χ1) is 9.09. The Balaban J connectivity index is 0.000000191. The Hall–Kier alpha value is -1.71. The summed E-state index contributed by atoms with van der Waals surface area (Å²) in [5.74, 6) is -0.786. The van der Waals surface area contributed by atoms with Crippen LogP contribution in [0.15, 0.2) is 60.7 Å². The fourth-order valence-electron chi connectivity index (χ4n) is 1.31. The van der Waals surface area contributed by atoms with Gasteiger partial charge in [-0.25, -0.2) is 0 Å². The van der Waals surface area contributed by atoms with Crippen LogP contribution in [0.1, 0.15) is 5.56 Å². The van der Waals surface area contributed by atoms with Crippen molar-refractivity contribution in [2.24, 2.45) is 0 Å². The highest BCUT2D eigenvalue weighted by molar-refractivity contribution is 6.49. The van der Waals surface area contributed by atoms with Crippen LogP contribution in [0.5, 0.6) is 0 Å². The molecule has 100 valence electrons. The molecule has 2 aromatic carbocycles. The van der Waals surface area contributed by atoms with Crippen molar-refractivity contribution in [3.8, 4) is 0 Å². The Labute approximate surface area is 122 Å². The quantitative estimate of drug-likeness (QED) is 0.867. The molecule has 0 amide bonds. The summed E-state index contributed by atoms with van der Waals surface area (Å²) in [5.41, 5.74) is 1.62. The van der Waals surface area contributed by atoms with E-state index >= 15 is 0 Å². The molecule has 0 aliphatic carbocycles. The minimum absolute atomic E-state index is 0.112. The van der Waals surface area contributed by atoms with E-state index < -0.39 is 5.97 Å². The molecule has 1 N–H and O–H groups in total. The Bertz CT molecular complexity index is 489. The maximum Gasteiger partial charge on any atom is 0.307 e. The summed E-state index contributed by atoms with van der Waals surface area (Å²) in [6.07, 6.45) is 0.112. The highest BCUT2D eigenvalue weighted by atomic mass is 35.5. The van der Waals surface area contributed by atoms with E-state index in [1.807, 2.05) is 48.5 Å². The second-order valence-corrected chi connectivity index (χ2v) is 4.47. The summed E-state index contributed by atoms with van der Waals surface area (Å²) < 4.78 is 1.03. The number of carboxylic acid groups (broad SMARTS) is 1. The van der Waals surface area contributed by atoms with Crippen molar-refractivity contribution in [1.82, 2.24) is 0 Å². The average molecular weight is 298 g/mol. The van der Waals surface area contributed by atoms with Gasteiger partial charge >= 0.3 is 5.97 Å². The molecule has 0 spiro atoms. The molecule has 0 bridgehead atoms. The zero-order valence-electron chi connectivity index (χ0n) is 10.0. The number of carbonyl (C=O) groups is 1. The van der Waals surface area contributed by atoms with Crippen LogP contribution < -0.4 is 3.94 Å². The van der Waals surface area contributed by atoms with E-state index in [1.165, 1.54) is 0 Å². The molecule has 0 aromatic heterocycles. The Morgan fingerprint density at radius 2 is 1.42 bits per heavy atom. The van der Waals surface area contributed by atoms with Gasteiger partial charge in [0.1, 0.15) is 0 Å². The third-order valence-corrected chi connectivity index (χ3v) is 2.54. The first kappa shape index (κ1) is 15.3. The van der Waals surface area contributed by atoms with Gasteiger partial charge in [-0.1, -0.05) is 48.5 Å². The van der Waals surface area contributed by atoms with Crippen molar-refractivity contribution in [2.45, 2.75) is 6.42 Å². The van der Waals surface area contributed by atoms with Crippen molar-refractivity contribution >= 4 is 35.2 Å². The molecule has 0 heterocycles. The topological polar surface area (TPSA) is 40.5 Å². The van der Waals surface area contributed by atoms with Crippen LogP contribution in [0, 0.1) is 0 Å². The summed E-state index contributed by atoms with van der Waals surface area (Å²) in [7, 11) is 0. The summed E-state index contributed by atoms with van der Waals surface area (Å²) >= 11 is 10.8. The normalized spacial score (nSPS) is 9.16. The minimum Gasteiger partial charge on any atom is -0.481 e. The number of hydrogen-bond acceptors (Lipinski definition) is 2. The molecule has 3 nitrogen and oxygen atoms in total. The number of carboxylic acids is 1. The highest BCUT2D eigenvalue weighted by Gasteiger charge is 1.96. The average Bonchev–Trinajstić information content (AvgIpc) is 2.41. The minimum atomic E-state index is -0.786. The zero-order chi connectivity index (χ0) is 14.1. The molecule has 2 aromatic rings. The van der Waals surface area contributed by atoms with Crippen LogP contribution in [0.2, 0.25) is 0 Å². The van der Waals surface area contributed by atoms with E-state index in [9.17, 15) is 4.79 Å². The summed E-state index contributed by atoms with van der Waals surface area (Å²) in [5, 5.41) is 8.37. The van der Waals surface area contributed by atoms with Crippen molar-refractivity contribution in [3.05, 3.63) is 66.2 Å². The number of hydrogen-bond donors (Lipinski definition) is 1. The predicted molar refractivity (Wildman–Crippen MR) is 78.4 cm³/mol. The lowest BCUT2D eigenvalue weighted by Crippen LogP contribution is -1.98. The number of benzene rings is 2. The van der Waals surface area contributed by atoms with E-state index in [-0.39, 0.29) is 6.42 Å². The van der Waals surface area contributed by atoms with Gasteiger partial charge in [0.2, 0.25) is 0 Å². The molecule has 0 atom stereocenters. The Morgan fingerprint density at radius 3 is 1.79 bits per heavy atom. The third-order valence-electron chi connectivity index (χ3n) is 2.15. The van der Waals surface area contributed by atoms with Gasteiger partial charge in [-0.3, -0.25) is 4.79 Å². The van der Waals surface area contributed by atoms with E-state index in [1.54, 1.807) is 12.1 Å². The molecule has 5 heteroatoms. The molecule has 0 aliphatic rings. The van der Waals surface area contributed by atoms with Crippen LogP contribution in [-0.4, -0.2) is 11.1 Å². The van der Waals surface area contributed by atoms with Crippen molar-refractivity contribution in [1.29, 1.82) is 0 Å². The lowest BCUT2D eigenvalue weighted by molar-refractivity contribution is -0.136. The molecule has 0 saturated carbocycles. The number of aliphatic carboxylic acids is 1. The molecule has 0 aliphatic heterocycles. The van der Waals surface area contributed by atoms with Crippen LogP contribution in [0.4, 0.5) is 5.69 Å². The van der Waals surface area contributed by atoms with Gasteiger partial charge < -0.3 is 5.11 Å². The van der Waals surface area contributed by atoms with Crippen LogP contribution >= 0.6 is 23.6 Å². The van der Waals surface area contributed by atoms with E-state index in [4.69, 9.17) is 28.7 Å². The fraction of sp³-hybridized carbons (Fsp3) is 0.0714. The molecule has 0 radical (unpaired) electrons. The van der Waals surface area contributed by atoms with E-state index in [0.29, 0.717) is 0 Å². The monoisotopic (exact) mass is 297 g/mol. The molecule has 19 heavy (non-hydrogen) atoms. The third kappa shape index (κ3) is 6.70. The van der Waals surface area contributed by atoms with Gasteiger partial charge in [0, 0.05) is 23.6 Å². The van der Waals surface area contributed by atoms with Gasteiger partial charge in [-0.2, -0.15) is 3.94 Å². The first-order valence-electron chi connectivity index (χ1n) is 5.52. The van der Waals surface area contributed by atoms with Crippen molar-refractivity contribution in [3.63, 3.8) is 0 Å². The van der Waals surface area contributed by atoms with Gasteiger partial charge in [-0.05, 0) is 17.7 Å². The summed E-state index contributed by atoms with van der Waals surface area (Å²) in [4.78, 5) is 10.2. The van der Waals surface area contributed by atoms with Crippen molar-refractivity contribution < 1.29 is 9.90 Å². The molecular formula is C14H13Cl2NO2. The number of para-hydroxylation sites is 1. The molecule has 2 rings (SSSR count). The first-order valence-corrected chi connectivity index (χ1v) is 6.19. The maximum atomic E-state index is 10.2. The Morgan fingerprint density at radius 1 is 0.947 bits per heavy atom. The van der Waals surface area contributed by atoms with Gasteiger partial charge in [0.05, 0.1) is 12.1 Å². The van der Waals surface area contributed by atoms with Crippen molar-refractivity contribution in [2.75, 3.05) is 3.94 Å². The zero-order valence-corrected chi connectivity index (χ0v) is 11.6. The number of halogens is 2. The SMILES string of the molecule is ClN(Cl)c1ccccc1.O=C(O)Cc1ccccc1. The van der Waals surface area contributed by atoms with Gasteiger partial charge in [0.15, 0.2) is 0 Å². The summed E-state index contributed by atoms with van der Waals surface area (Å²) in [6, 6.07) is 18.4. The standard InChI is InChI=1S/C8H8O2.C6H5Cl2N/c9-8(10)6-7-4-2-1-3-5-7;7-9(8)6-4-2-1-3-5-6/h1-5H,6H2,(H,9,10);1-5H. The summed E-state index contributed by atoms with van der Waals surface area (Å²) in [6.45, 7) is 0. The van der Waals surface area contributed by atoms with Crippen LogP contribution in [0.3, 0.4) is 0 Å². The second kappa shape index (κ2) is 8.40. The number of anilines is 1. The Kier molecular flexibility index (Phi) is 6.79. The van der Waals surface area contributed by atoms with Gasteiger partial charge in [-0.15, -0.1) is 0 Å². The smallest absolute Gasteiger partial charge is 0.307 e. The van der Waals surface area contributed by atoms with Gasteiger partial charge in [0.25, 0.3) is 0 Å². The van der Waals surface area contributed by atoms with E-state index in [0.717, 1.165) is 15.2 Å². The second-order valence-electron chi connectivity index (χ2n) is 3.62. The largest absolute Gasteiger partial charge is 0.481 e. The number of rotatable bonds is 3. The van der Waals surface area contributed by atoms with E-state index in [2.05, 4.69) is 0 Å². The molecule has 0 saturated heterocycles. The van der Waals surface area contributed by atoms with Crippen LogP contribution in [-0.2, 0) is 11.2 Å².